The van der Waals surface area contributed by atoms with Gasteiger partial charge in [0.05, 0.1) is 22.1 Å². The van der Waals surface area contributed by atoms with Crippen molar-refractivity contribution in [3.63, 3.8) is 0 Å². The van der Waals surface area contributed by atoms with E-state index in [9.17, 15) is 25.0 Å². The van der Waals surface area contributed by atoms with Crippen molar-refractivity contribution in [2.45, 2.75) is 13.5 Å². The molecule has 0 spiro atoms. The summed E-state index contributed by atoms with van der Waals surface area (Å²) in [4.78, 5) is 38.4. The molecule has 0 aliphatic carbocycles. The molecule has 1 amide bonds. The van der Waals surface area contributed by atoms with Crippen molar-refractivity contribution in [2.24, 2.45) is 0 Å². The molecular formula is C22H16N4O6. The number of anilines is 1. The van der Waals surface area contributed by atoms with Crippen LogP contribution >= 0.6 is 0 Å². The predicted molar refractivity (Wildman–Crippen MR) is 112 cm³/mol. The van der Waals surface area contributed by atoms with Gasteiger partial charge in [-0.3, -0.25) is 19.7 Å². The standard InChI is InChI=1S/C22H16N4O6/c1-14(27)32-19-8-4-7-18(21(19)31-13-16-6-3-2-5-15(16)11-23)22(28)25-20-10-9-17(12-24-20)26(29)30/h2-10,12H,13H2,1H3,(H,24,25,28). The number of ether oxygens (including phenoxy) is 2. The van der Waals surface area contributed by atoms with E-state index >= 15 is 0 Å². The SMILES string of the molecule is CC(=O)Oc1cccc(C(=O)Nc2ccc([N+](=O)[O-])cn2)c1OCc1ccccc1C#N. The van der Waals surface area contributed by atoms with Crippen LogP contribution in [-0.4, -0.2) is 21.8 Å². The number of para-hydroxylation sites is 1. The summed E-state index contributed by atoms with van der Waals surface area (Å²) in [5, 5.41) is 22.5. The van der Waals surface area contributed by atoms with E-state index in [1.54, 1.807) is 24.3 Å². The lowest BCUT2D eigenvalue weighted by molar-refractivity contribution is -0.385. The number of benzene rings is 2. The molecule has 0 atom stereocenters. The Hall–Kier alpha value is -4.78. The van der Waals surface area contributed by atoms with Crippen LogP contribution in [0.1, 0.15) is 28.4 Å². The van der Waals surface area contributed by atoms with E-state index in [4.69, 9.17) is 9.47 Å². The molecule has 10 heteroatoms. The Morgan fingerprint density at radius 2 is 1.94 bits per heavy atom. The van der Waals surface area contributed by atoms with E-state index in [1.165, 1.54) is 37.3 Å². The van der Waals surface area contributed by atoms with Gasteiger partial charge in [-0.1, -0.05) is 24.3 Å². The molecule has 0 saturated carbocycles. The molecule has 0 radical (unpaired) electrons. The van der Waals surface area contributed by atoms with Gasteiger partial charge in [0, 0.05) is 18.6 Å². The van der Waals surface area contributed by atoms with Crippen LogP contribution in [-0.2, 0) is 11.4 Å². The second-order valence-electron chi connectivity index (χ2n) is 6.40. The first-order valence-electron chi connectivity index (χ1n) is 9.23. The third kappa shape index (κ3) is 5.22. The number of nitro groups is 1. The molecule has 2 aromatic carbocycles. The zero-order valence-electron chi connectivity index (χ0n) is 16.8. The van der Waals surface area contributed by atoms with Crippen LogP contribution in [0.5, 0.6) is 11.5 Å². The largest absolute Gasteiger partial charge is 0.484 e. The van der Waals surface area contributed by atoms with E-state index in [0.717, 1.165) is 6.20 Å². The number of carbonyl (C=O) groups excluding carboxylic acids is 2. The van der Waals surface area contributed by atoms with Crippen molar-refractivity contribution in [1.82, 2.24) is 4.98 Å². The molecule has 160 valence electrons. The summed E-state index contributed by atoms with van der Waals surface area (Å²) in [7, 11) is 0. The molecule has 32 heavy (non-hydrogen) atoms. The predicted octanol–water partition coefficient (Wildman–Crippen LogP) is 3.62. The maximum atomic E-state index is 12.9. The third-order valence-electron chi connectivity index (χ3n) is 4.19. The summed E-state index contributed by atoms with van der Waals surface area (Å²) in [6.45, 7) is 1.15. The van der Waals surface area contributed by atoms with Crippen molar-refractivity contribution in [1.29, 1.82) is 5.26 Å². The lowest BCUT2D eigenvalue weighted by atomic mass is 10.1. The van der Waals surface area contributed by atoms with E-state index in [2.05, 4.69) is 16.4 Å². The van der Waals surface area contributed by atoms with Crippen LogP contribution in [0.15, 0.2) is 60.8 Å². The normalized spacial score (nSPS) is 10.0. The Morgan fingerprint density at radius 3 is 2.59 bits per heavy atom. The molecule has 1 N–H and O–H groups in total. The van der Waals surface area contributed by atoms with Crippen LogP contribution in [0.3, 0.4) is 0 Å². The van der Waals surface area contributed by atoms with Crippen molar-refractivity contribution >= 4 is 23.4 Å². The maximum Gasteiger partial charge on any atom is 0.308 e. The van der Waals surface area contributed by atoms with E-state index in [-0.39, 0.29) is 35.2 Å². The summed E-state index contributed by atoms with van der Waals surface area (Å²) in [6, 6.07) is 15.8. The molecule has 0 saturated heterocycles. The third-order valence-corrected chi connectivity index (χ3v) is 4.19. The van der Waals surface area contributed by atoms with Crippen LogP contribution in [0.4, 0.5) is 11.5 Å². The molecule has 1 heterocycles. The Balaban J connectivity index is 1.90. The average Bonchev–Trinajstić information content (AvgIpc) is 2.78. The molecule has 0 fully saturated rings. The first-order valence-corrected chi connectivity index (χ1v) is 9.23. The van der Waals surface area contributed by atoms with Gasteiger partial charge in [-0.15, -0.1) is 0 Å². The second kappa shape index (κ2) is 9.82. The fourth-order valence-corrected chi connectivity index (χ4v) is 2.74. The Labute approximate surface area is 182 Å². The lowest BCUT2D eigenvalue weighted by Gasteiger charge is -2.15. The van der Waals surface area contributed by atoms with Crippen molar-refractivity contribution in [3.8, 4) is 17.6 Å². The molecule has 10 nitrogen and oxygen atoms in total. The number of hydrogen-bond acceptors (Lipinski definition) is 8. The lowest BCUT2D eigenvalue weighted by Crippen LogP contribution is -2.16. The number of nitrogens with one attached hydrogen (secondary N) is 1. The first kappa shape index (κ1) is 21.9. The zero-order valence-corrected chi connectivity index (χ0v) is 16.8. The summed E-state index contributed by atoms with van der Waals surface area (Å²) in [6.07, 6.45) is 1.02. The molecule has 3 aromatic rings. The summed E-state index contributed by atoms with van der Waals surface area (Å²) < 4.78 is 11.0. The number of esters is 1. The number of pyridine rings is 1. The Bertz CT molecular complexity index is 1220. The van der Waals surface area contributed by atoms with Crippen LogP contribution in [0.2, 0.25) is 0 Å². The topological polar surface area (TPSA) is 144 Å². The van der Waals surface area contributed by atoms with Gasteiger partial charge < -0.3 is 14.8 Å². The highest BCUT2D eigenvalue weighted by molar-refractivity contribution is 6.06. The van der Waals surface area contributed by atoms with Gasteiger partial charge in [0.1, 0.15) is 18.6 Å². The van der Waals surface area contributed by atoms with E-state index in [1.807, 2.05) is 0 Å². The van der Waals surface area contributed by atoms with Crippen LogP contribution in [0, 0.1) is 21.4 Å². The number of nitrogens with zero attached hydrogens (tertiary/aromatic N) is 3. The number of rotatable bonds is 7. The van der Waals surface area contributed by atoms with Crippen molar-refractivity contribution in [3.05, 3.63) is 87.6 Å². The molecule has 0 bridgehead atoms. The Morgan fingerprint density at radius 1 is 1.16 bits per heavy atom. The minimum absolute atomic E-state index is 0.00476. The minimum Gasteiger partial charge on any atom is -0.484 e. The van der Waals surface area contributed by atoms with Crippen molar-refractivity contribution < 1.29 is 24.0 Å². The average molecular weight is 432 g/mol. The van der Waals surface area contributed by atoms with E-state index in [0.29, 0.717) is 11.1 Å². The second-order valence-corrected chi connectivity index (χ2v) is 6.40. The number of hydrogen-bond donors (Lipinski definition) is 1. The zero-order chi connectivity index (χ0) is 23.1. The van der Waals surface area contributed by atoms with Gasteiger partial charge in [0.15, 0.2) is 11.5 Å². The highest BCUT2D eigenvalue weighted by Crippen LogP contribution is 2.33. The molecule has 0 aliphatic heterocycles. The quantitative estimate of drug-likeness (QED) is 0.258. The van der Waals surface area contributed by atoms with Gasteiger partial charge in [-0.2, -0.15) is 5.26 Å². The van der Waals surface area contributed by atoms with Crippen LogP contribution in [0.25, 0.3) is 0 Å². The minimum atomic E-state index is -0.635. The number of carbonyl (C=O) groups is 2. The highest BCUT2D eigenvalue weighted by atomic mass is 16.6. The van der Waals surface area contributed by atoms with Gasteiger partial charge >= 0.3 is 5.97 Å². The van der Waals surface area contributed by atoms with Gasteiger partial charge in [0.25, 0.3) is 11.6 Å². The maximum absolute atomic E-state index is 12.9. The molecule has 1 aromatic heterocycles. The van der Waals surface area contributed by atoms with Gasteiger partial charge in [0.2, 0.25) is 0 Å². The first-order chi connectivity index (χ1) is 15.4. The summed E-state index contributed by atoms with van der Waals surface area (Å²) in [5.74, 6) is -1.14. The molecule has 0 unspecified atom stereocenters. The number of amides is 1. The molecule has 3 rings (SSSR count). The van der Waals surface area contributed by atoms with Crippen molar-refractivity contribution in [2.75, 3.05) is 5.32 Å². The summed E-state index contributed by atoms with van der Waals surface area (Å²) >= 11 is 0. The number of nitriles is 1. The van der Waals surface area contributed by atoms with Gasteiger partial charge in [-0.05, 0) is 24.3 Å². The molecule has 0 aliphatic rings. The molecular weight excluding hydrogens is 416 g/mol. The Kier molecular flexibility index (Phi) is 6.72. The highest BCUT2D eigenvalue weighted by Gasteiger charge is 2.20. The number of aromatic nitrogens is 1. The van der Waals surface area contributed by atoms with Gasteiger partial charge in [-0.25, -0.2) is 4.98 Å². The summed E-state index contributed by atoms with van der Waals surface area (Å²) in [5.41, 5.74) is 0.799. The van der Waals surface area contributed by atoms with E-state index < -0.39 is 16.8 Å². The fraction of sp³-hybridized carbons (Fsp3) is 0.0909. The van der Waals surface area contributed by atoms with Crippen LogP contribution < -0.4 is 14.8 Å². The monoisotopic (exact) mass is 432 g/mol. The smallest absolute Gasteiger partial charge is 0.308 e. The fourth-order valence-electron chi connectivity index (χ4n) is 2.74.